The molecule has 15 nitrogen and oxygen atoms in total. The first-order valence-corrected chi connectivity index (χ1v) is 11.3. The third-order valence-corrected chi connectivity index (χ3v) is 6.49. The van der Waals surface area contributed by atoms with E-state index in [0.717, 1.165) is 16.7 Å². The number of carbonyl (C=O) groups is 6. The molecule has 1 saturated heterocycles. The molecule has 2 unspecified atom stereocenters. The number of carboxylic acids is 1. The molecule has 2 aliphatic rings. The number of nitrogens with zero attached hydrogens (tertiary/aromatic N) is 1. The number of hydrogen-bond donors (Lipinski definition) is 7. The number of phenolic OH excluding ortho intramolecular Hbond substituents is 1. The molecular formula is C20H22N6O9S. The number of rotatable bonds is 7. The summed E-state index contributed by atoms with van der Waals surface area (Å²) in [4.78, 5) is 73.2. The number of carboxylic acid groups (broad SMARTS) is 1. The van der Waals surface area contributed by atoms with Crippen LogP contribution in [0.1, 0.15) is 11.6 Å². The third kappa shape index (κ3) is 5.60. The average Bonchev–Trinajstić information content (AvgIpc) is 2.84. The van der Waals surface area contributed by atoms with E-state index in [1.807, 2.05) is 5.32 Å². The van der Waals surface area contributed by atoms with Crippen molar-refractivity contribution in [3.05, 3.63) is 41.1 Å². The molecule has 7 amide bonds. The Morgan fingerprint density at radius 1 is 1.19 bits per heavy atom. The van der Waals surface area contributed by atoms with Crippen molar-refractivity contribution < 1.29 is 43.7 Å². The van der Waals surface area contributed by atoms with E-state index < -0.39 is 60.0 Å². The molecule has 2 aliphatic heterocycles. The minimum absolute atomic E-state index is 0.0872. The minimum atomic E-state index is -1.42. The lowest BCUT2D eigenvalue weighted by Gasteiger charge is -2.49. The van der Waals surface area contributed by atoms with E-state index in [1.165, 1.54) is 31.3 Å². The minimum Gasteiger partial charge on any atom is -0.508 e. The highest BCUT2D eigenvalue weighted by atomic mass is 32.2. The summed E-state index contributed by atoms with van der Waals surface area (Å²) in [7, 11) is 1.29. The van der Waals surface area contributed by atoms with Gasteiger partial charge in [0.25, 0.3) is 5.91 Å². The first-order chi connectivity index (χ1) is 17.0. The lowest BCUT2D eigenvalue weighted by Crippen LogP contribution is -2.71. The monoisotopic (exact) mass is 522 g/mol. The lowest BCUT2D eigenvalue weighted by molar-refractivity contribution is -0.151. The molecule has 0 aliphatic carbocycles. The molecule has 1 fully saturated rings. The summed E-state index contributed by atoms with van der Waals surface area (Å²) in [5, 5.41) is 27.3. The van der Waals surface area contributed by atoms with Gasteiger partial charge in [0.1, 0.15) is 35.5 Å². The largest absolute Gasteiger partial charge is 0.508 e. The number of ether oxygens (including phenoxy) is 1. The van der Waals surface area contributed by atoms with E-state index in [-0.39, 0.29) is 28.3 Å². The van der Waals surface area contributed by atoms with Crippen LogP contribution in [-0.4, -0.2) is 81.9 Å². The van der Waals surface area contributed by atoms with Crippen LogP contribution in [0, 0.1) is 0 Å². The van der Waals surface area contributed by atoms with Crippen LogP contribution in [0.2, 0.25) is 0 Å². The smallest absolute Gasteiger partial charge is 0.404 e. The number of nitrogens with one attached hydrogen (secondary N) is 4. The fourth-order valence-corrected chi connectivity index (χ4v) is 4.82. The number of urea groups is 2. The van der Waals surface area contributed by atoms with Crippen molar-refractivity contribution in [3.8, 4) is 5.75 Å². The maximum absolute atomic E-state index is 13.1. The zero-order valence-corrected chi connectivity index (χ0v) is 19.5. The molecule has 1 aromatic carbocycles. The van der Waals surface area contributed by atoms with Gasteiger partial charge in [-0.05, 0) is 17.7 Å². The van der Waals surface area contributed by atoms with Gasteiger partial charge in [-0.3, -0.25) is 19.8 Å². The first-order valence-electron chi connectivity index (χ1n) is 10.2. The maximum atomic E-state index is 13.1. The zero-order chi connectivity index (χ0) is 26.6. The summed E-state index contributed by atoms with van der Waals surface area (Å²) in [6.07, 6.45) is -1.10. The summed E-state index contributed by atoms with van der Waals surface area (Å²) in [5.74, 6) is -2.98. The van der Waals surface area contributed by atoms with Gasteiger partial charge in [0, 0.05) is 18.4 Å². The number of benzene rings is 1. The van der Waals surface area contributed by atoms with E-state index in [1.54, 1.807) is 0 Å². The first kappa shape index (κ1) is 26.1. The van der Waals surface area contributed by atoms with E-state index in [4.69, 9.17) is 5.73 Å². The SMILES string of the molecule is CNC(=O)NC(=O)NC(C(=O)NC1C(=O)N2C(C(=O)O)=C(COC(N)=O)CS[C@@H]12)c1ccc(O)cc1. The molecular weight excluding hydrogens is 500 g/mol. The third-order valence-electron chi connectivity index (χ3n) is 5.15. The molecule has 36 heavy (non-hydrogen) atoms. The number of thioether (sulfide) groups is 1. The number of β-lactam (4-membered cyclic amide) rings is 1. The van der Waals surface area contributed by atoms with E-state index in [2.05, 4.69) is 20.7 Å². The topological polar surface area (TPSA) is 229 Å². The summed E-state index contributed by atoms with van der Waals surface area (Å²) in [6.45, 7) is -0.412. The Bertz CT molecular complexity index is 1140. The highest BCUT2D eigenvalue weighted by Gasteiger charge is 2.54. The van der Waals surface area contributed by atoms with Gasteiger partial charge in [0.05, 0.1) is 0 Å². The number of carbonyl (C=O) groups excluding carboxylic acids is 5. The maximum Gasteiger partial charge on any atom is 0.404 e. The van der Waals surface area contributed by atoms with Crippen LogP contribution in [0.4, 0.5) is 14.4 Å². The van der Waals surface area contributed by atoms with Gasteiger partial charge in [0.2, 0.25) is 5.91 Å². The number of amides is 7. The van der Waals surface area contributed by atoms with Crippen LogP contribution in [0.15, 0.2) is 35.5 Å². The number of aromatic hydroxyl groups is 1. The van der Waals surface area contributed by atoms with Gasteiger partial charge in [-0.15, -0.1) is 11.8 Å². The Labute approximate surface area is 207 Å². The Hall–Kier alpha value is -4.47. The molecule has 1 aromatic rings. The molecule has 0 spiro atoms. The summed E-state index contributed by atoms with van der Waals surface area (Å²) in [6, 6.07) is 0.942. The van der Waals surface area contributed by atoms with Crippen molar-refractivity contribution in [1.82, 2.24) is 26.2 Å². The predicted molar refractivity (Wildman–Crippen MR) is 122 cm³/mol. The van der Waals surface area contributed by atoms with E-state index in [9.17, 15) is 39.0 Å². The number of phenols is 1. The average molecular weight is 522 g/mol. The summed E-state index contributed by atoms with van der Waals surface area (Å²) < 4.78 is 4.66. The van der Waals surface area contributed by atoms with Gasteiger partial charge in [-0.25, -0.2) is 19.2 Å². The van der Waals surface area contributed by atoms with Crippen LogP contribution >= 0.6 is 11.8 Å². The van der Waals surface area contributed by atoms with Crippen molar-refractivity contribution in [1.29, 1.82) is 0 Å². The van der Waals surface area contributed by atoms with Gasteiger partial charge in [-0.2, -0.15) is 0 Å². The molecule has 0 bridgehead atoms. The van der Waals surface area contributed by atoms with Crippen LogP contribution in [0.5, 0.6) is 5.75 Å². The predicted octanol–water partition coefficient (Wildman–Crippen LogP) is -1.09. The normalized spacial score (nSPS) is 19.2. The van der Waals surface area contributed by atoms with Crippen LogP contribution in [-0.2, 0) is 19.1 Å². The Morgan fingerprint density at radius 2 is 1.86 bits per heavy atom. The molecule has 16 heteroatoms. The molecule has 8 N–H and O–H groups in total. The van der Waals surface area contributed by atoms with Crippen molar-refractivity contribution >= 4 is 47.7 Å². The zero-order valence-electron chi connectivity index (χ0n) is 18.6. The number of fused-ring (bicyclic) bond motifs is 1. The number of aliphatic carboxylic acids is 1. The van der Waals surface area contributed by atoms with Gasteiger partial charge in [-0.1, -0.05) is 12.1 Å². The summed E-state index contributed by atoms with van der Waals surface area (Å²) in [5.41, 5.74) is 4.95. The Kier molecular flexibility index (Phi) is 7.88. The molecule has 3 atom stereocenters. The fraction of sp³-hybridized carbons (Fsp3) is 0.300. The highest BCUT2D eigenvalue weighted by Crippen LogP contribution is 2.40. The Morgan fingerprint density at radius 3 is 2.44 bits per heavy atom. The standard InChI is InChI=1S/C20H22N6O9S/c1-22-19(33)25-20(34)24-11(8-2-4-10(27)5-3-8)14(28)23-12-15(29)26-13(17(30)31)9(6-35-18(21)32)7-36-16(12)26/h2-5,11-12,16,27H,6-7H2,1H3,(H2,21,32)(H,23,28)(H,30,31)(H3,22,24,25,33,34)/t11?,12?,16-/m0/s1. The van der Waals surface area contributed by atoms with E-state index >= 15 is 0 Å². The van der Waals surface area contributed by atoms with Crippen LogP contribution < -0.4 is 27.0 Å². The molecule has 192 valence electrons. The second-order valence-corrected chi connectivity index (χ2v) is 8.57. The molecule has 0 saturated carbocycles. The van der Waals surface area contributed by atoms with Crippen molar-refractivity contribution in [2.45, 2.75) is 17.5 Å². The number of hydrogen-bond acceptors (Lipinski definition) is 9. The van der Waals surface area contributed by atoms with Crippen molar-refractivity contribution in [2.75, 3.05) is 19.4 Å². The van der Waals surface area contributed by atoms with Crippen LogP contribution in [0.25, 0.3) is 0 Å². The lowest BCUT2D eigenvalue weighted by atomic mass is 10.0. The second kappa shape index (κ2) is 10.9. The van der Waals surface area contributed by atoms with Crippen molar-refractivity contribution in [3.63, 3.8) is 0 Å². The van der Waals surface area contributed by atoms with E-state index in [0.29, 0.717) is 0 Å². The number of imide groups is 1. The summed E-state index contributed by atoms with van der Waals surface area (Å²) >= 11 is 1.13. The molecule has 0 radical (unpaired) electrons. The van der Waals surface area contributed by atoms with Gasteiger partial charge < -0.3 is 36.6 Å². The van der Waals surface area contributed by atoms with Crippen molar-refractivity contribution in [2.24, 2.45) is 5.73 Å². The number of primary amides is 1. The van der Waals surface area contributed by atoms with Gasteiger partial charge in [0.15, 0.2) is 0 Å². The molecule has 2 heterocycles. The number of nitrogens with two attached hydrogens (primary N) is 1. The fourth-order valence-electron chi connectivity index (χ4n) is 3.49. The van der Waals surface area contributed by atoms with Gasteiger partial charge >= 0.3 is 24.1 Å². The molecule has 3 rings (SSSR count). The second-order valence-electron chi connectivity index (χ2n) is 7.46. The Balaban J connectivity index is 1.78. The van der Waals surface area contributed by atoms with Crippen LogP contribution in [0.3, 0.4) is 0 Å². The molecule has 0 aromatic heterocycles. The quantitative estimate of drug-likeness (QED) is 0.214. The highest BCUT2D eigenvalue weighted by molar-refractivity contribution is 8.00.